The number of nitrogens with zero attached hydrogens (tertiary/aromatic N) is 3. The lowest BCUT2D eigenvalue weighted by Crippen LogP contribution is -2.24. The van der Waals surface area contributed by atoms with Gasteiger partial charge >= 0.3 is 0 Å². The summed E-state index contributed by atoms with van der Waals surface area (Å²) in [4.78, 5) is 27.2. The SMILES string of the molecule is O=C(NCc1cccnc1)c1cc2ccnc(N(Cc3ccccc3)Cc3ccccc3)c2[nH]1. The number of aromatic amines is 1. The summed E-state index contributed by atoms with van der Waals surface area (Å²) >= 11 is 0. The van der Waals surface area contributed by atoms with E-state index in [0.29, 0.717) is 25.3 Å². The molecule has 5 aromatic rings. The first kappa shape index (κ1) is 21.4. The van der Waals surface area contributed by atoms with Crippen LogP contribution in [0.3, 0.4) is 0 Å². The predicted octanol–water partition coefficient (Wildman–Crippen LogP) is 5.09. The van der Waals surface area contributed by atoms with Gasteiger partial charge in [0.25, 0.3) is 5.91 Å². The number of carbonyl (C=O) groups excluding carboxylic acids is 1. The summed E-state index contributed by atoms with van der Waals surface area (Å²) in [5, 5.41) is 3.91. The lowest BCUT2D eigenvalue weighted by molar-refractivity contribution is 0.0946. The smallest absolute Gasteiger partial charge is 0.267 e. The van der Waals surface area contributed by atoms with Crippen molar-refractivity contribution in [1.82, 2.24) is 20.3 Å². The fraction of sp³-hybridized carbons (Fsp3) is 0.107. The van der Waals surface area contributed by atoms with Crippen LogP contribution in [0.2, 0.25) is 0 Å². The highest BCUT2D eigenvalue weighted by Gasteiger charge is 2.17. The summed E-state index contributed by atoms with van der Waals surface area (Å²) in [5.74, 6) is 0.653. The molecule has 0 radical (unpaired) electrons. The van der Waals surface area contributed by atoms with E-state index in [-0.39, 0.29) is 5.91 Å². The van der Waals surface area contributed by atoms with Gasteiger partial charge in [0.1, 0.15) is 5.69 Å². The van der Waals surface area contributed by atoms with Gasteiger partial charge in [-0.25, -0.2) is 4.98 Å². The standard InChI is InChI=1S/C28H25N5O/c34-28(31-18-23-12-7-14-29-17-23)25-16-24-13-15-30-27(26(24)32-25)33(19-21-8-3-1-4-9-21)20-22-10-5-2-6-11-22/h1-17,32H,18-20H2,(H,31,34). The molecule has 0 fully saturated rings. The molecule has 0 bridgehead atoms. The van der Waals surface area contributed by atoms with E-state index >= 15 is 0 Å². The molecule has 0 saturated heterocycles. The fourth-order valence-corrected chi connectivity index (χ4v) is 4.00. The Bertz CT molecular complexity index is 1330. The zero-order valence-corrected chi connectivity index (χ0v) is 18.7. The average molecular weight is 448 g/mol. The highest BCUT2D eigenvalue weighted by atomic mass is 16.1. The Kier molecular flexibility index (Phi) is 6.29. The first-order chi connectivity index (χ1) is 16.8. The third kappa shape index (κ3) is 4.96. The molecule has 6 heteroatoms. The van der Waals surface area contributed by atoms with Gasteiger partial charge in [0.2, 0.25) is 0 Å². The van der Waals surface area contributed by atoms with Gasteiger partial charge in [-0.1, -0.05) is 66.7 Å². The molecule has 34 heavy (non-hydrogen) atoms. The minimum Gasteiger partial charge on any atom is -0.348 e. The number of aromatic nitrogens is 3. The lowest BCUT2D eigenvalue weighted by atomic mass is 10.1. The molecule has 3 aromatic heterocycles. The Morgan fingerprint density at radius 3 is 2.15 bits per heavy atom. The van der Waals surface area contributed by atoms with E-state index in [2.05, 4.69) is 44.5 Å². The number of anilines is 1. The maximum Gasteiger partial charge on any atom is 0.267 e. The van der Waals surface area contributed by atoms with Crippen molar-refractivity contribution in [2.45, 2.75) is 19.6 Å². The highest BCUT2D eigenvalue weighted by molar-refractivity contribution is 6.00. The van der Waals surface area contributed by atoms with E-state index < -0.39 is 0 Å². The first-order valence-electron chi connectivity index (χ1n) is 11.2. The third-order valence-corrected chi connectivity index (χ3v) is 5.68. The molecule has 1 amide bonds. The Balaban J connectivity index is 1.44. The molecule has 6 nitrogen and oxygen atoms in total. The summed E-state index contributed by atoms with van der Waals surface area (Å²) in [6.07, 6.45) is 5.26. The number of pyridine rings is 2. The van der Waals surface area contributed by atoms with Gasteiger partial charge in [-0.2, -0.15) is 0 Å². The quantitative estimate of drug-likeness (QED) is 0.347. The van der Waals surface area contributed by atoms with Crippen molar-refractivity contribution < 1.29 is 4.79 Å². The minimum absolute atomic E-state index is 0.163. The number of rotatable bonds is 8. The number of benzene rings is 2. The monoisotopic (exact) mass is 447 g/mol. The Morgan fingerprint density at radius 1 is 0.824 bits per heavy atom. The van der Waals surface area contributed by atoms with Crippen molar-refractivity contribution in [1.29, 1.82) is 0 Å². The van der Waals surface area contributed by atoms with Gasteiger partial charge in [-0.05, 0) is 34.9 Å². The van der Waals surface area contributed by atoms with Gasteiger partial charge < -0.3 is 15.2 Å². The number of carbonyl (C=O) groups is 1. The van der Waals surface area contributed by atoms with Crippen LogP contribution in [0.5, 0.6) is 0 Å². The van der Waals surface area contributed by atoms with E-state index in [0.717, 1.165) is 22.3 Å². The maximum atomic E-state index is 12.9. The molecule has 0 aliphatic carbocycles. The second-order valence-electron chi connectivity index (χ2n) is 8.15. The number of fused-ring (bicyclic) bond motifs is 1. The first-order valence-corrected chi connectivity index (χ1v) is 11.2. The lowest BCUT2D eigenvalue weighted by Gasteiger charge is -2.24. The molecule has 2 aromatic carbocycles. The summed E-state index contributed by atoms with van der Waals surface area (Å²) in [6, 6.07) is 28.3. The maximum absolute atomic E-state index is 12.9. The molecule has 0 spiro atoms. The van der Waals surface area contributed by atoms with Crippen molar-refractivity contribution >= 4 is 22.6 Å². The molecule has 0 unspecified atom stereocenters. The number of hydrogen-bond acceptors (Lipinski definition) is 4. The molecule has 0 saturated carbocycles. The second kappa shape index (κ2) is 10.0. The molecule has 5 rings (SSSR count). The number of H-pyrrole nitrogens is 1. The van der Waals surface area contributed by atoms with E-state index in [1.165, 1.54) is 11.1 Å². The van der Waals surface area contributed by atoms with Gasteiger partial charge in [-0.3, -0.25) is 9.78 Å². The number of hydrogen-bond donors (Lipinski definition) is 2. The Hall–Kier alpha value is -4.45. The number of amides is 1. The summed E-state index contributed by atoms with van der Waals surface area (Å²) in [7, 11) is 0. The van der Waals surface area contributed by atoms with Crippen LogP contribution in [0, 0.1) is 0 Å². The zero-order chi connectivity index (χ0) is 23.2. The Morgan fingerprint density at radius 2 is 1.50 bits per heavy atom. The summed E-state index contributed by atoms with van der Waals surface area (Å²) < 4.78 is 0. The highest BCUT2D eigenvalue weighted by Crippen LogP contribution is 2.27. The van der Waals surface area contributed by atoms with Crippen molar-refractivity contribution in [2.75, 3.05) is 4.90 Å². The molecule has 3 heterocycles. The van der Waals surface area contributed by atoms with Crippen LogP contribution in [0.1, 0.15) is 27.2 Å². The molecular formula is C28H25N5O. The van der Waals surface area contributed by atoms with Gasteiger partial charge in [-0.15, -0.1) is 0 Å². The van der Waals surface area contributed by atoms with E-state index in [4.69, 9.17) is 4.98 Å². The van der Waals surface area contributed by atoms with Gasteiger partial charge in [0.15, 0.2) is 5.82 Å². The second-order valence-corrected chi connectivity index (χ2v) is 8.15. The predicted molar refractivity (Wildman–Crippen MR) is 134 cm³/mol. The largest absolute Gasteiger partial charge is 0.348 e. The summed E-state index contributed by atoms with van der Waals surface area (Å²) in [6.45, 7) is 1.81. The normalized spacial score (nSPS) is 10.8. The van der Waals surface area contributed by atoms with Crippen molar-refractivity contribution in [3.8, 4) is 0 Å². The minimum atomic E-state index is -0.163. The van der Waals surface area contributed by atoms with Crippen LogP contribution in [-0.2, 0) is 19.6 Å². The van der Waals surface area contributed by atoms with E-state index in [1.54, 1.807) is 18.6 Å². The molecular weight excluding hydrogens is 422 g/mol. The average Bonchev–Trinajstić information content (AvgIpc) is 3.34. The van der Waals surface area contributed by atoms with Crippen LogP contribution >= 0.6 is 0 Å². The van der Waals surface area contributed by atoms with Gasteiger partial charge in [0, 0.05) is 43.6 Å². The van der Waals surface area contributed by atoms with E-state index in [9.17, 15) is 4.79 Å². The van der Waals surface area contributed by atoms with Crippen LogP contribution in [0.25, 0.3) is 10.9 Å². The van der Waals surface area contributed by atoms with Crippen LogP contribution < -0.4 is 10.2 Å². The summed E-state index contributed by atoms with van der Waals surface area (Å²) in [5.41, 5.74) is 4.69. The fourth-order valence-electron chi connectivity index (χ4n) is 4.00. The zero-order valence-electron chi connectivity index (χ0n) is 18.7. The van der Waals surface area contributed by atoms with Crippen molar-refractivity contribution in [2.24, 2.45) is 0 Å². The van der Waals surface area contributed by atoms with Crippen molar-refractivity contribution in [3.05, 3.63) is 126 Å². The van der Waals surface area contributed by atoms with Crippen LogP contribution in [-0.4, -0.2) is 20.9 Å². The molecule has 168 valence electrons. The van der Waals surface area contributed by atoms with Crippen LogP contribution in [0.15, 0.2) is 104 Å². The van der Waals surface area contributed by atoms with Gasteiger partial charge in [0.05, 0.1) is 5.52 Å². The van der Waals surface area contributed by atoms with Crippen molar-refractivity contribution in [3.63, 3.8) is 0 Å². The molecule has 2 N–H and O–H groups in total. The topological polar surface area (TPSA) is 73.9 Å². The van der Waals surface area contributed by atoms with Crippen LogP contribution in [0.4, 0.5) is 5.82 Å². The molecule has 0 aliphatic heterocycles. The number of nitrogens with one attached hydrogen (secondary N) is 2. The molecule has 0 atom stereocenters. The Labute approximate surface area is 198 Å². The third-order valence-electron chi connectivity index (χ3n) is 5.68. The van der Waals surface area contributed by atoms with E-state index in [1.807, 2.05) is 60.7 Å². The molecule has 0 aliphatic rings.